The van der Waals surface area contributed by atoms with Crippen LogP contribution in [0.4, 0.5) is 0 Å². The molecule has 0 bridgehead atoms. The molecule has 0 radical (unpaired) electrons. The number of hydrogen-bond donors (Lipinski definition) is 1. The van der Waals surface area contributed by atoms with Gasteiger partial charge >= 0.3 is 0 Å². The summed E-state index contributed by atoms with van der Waals surface area (Å²) in [6.07, 6.45) is 1.39. The Morgan fingerprint density at radius 1 is 1.00 bits per heavy atom. The molecule has 0 aromatic carbocycles. The Hall–Kier alpha value is -1.54. The fourth-order valence-corrected chi connectivity index (χ4v) is 3.12. The first-order valence-corrected chi connectivity index (χ1v) is 8.72. The van der Waals surface area contributed by atoms with Gasteiger partial charge in [-0.1, -0.05) is 0 Å². The molecule has 1 aliphatic rings. The molecule has 1 aliphatic heterocycles. The van der Waals surface area contributed by atoms with E-state index in [0.29, 0.717) is 41.0 Å². The van der Waals surface area contributed by atoms with E-state index in [4.69, 9.17) is 8.83 Å². The van der Waals surface area contributed by atoms with Crippen molar-refractivity contribution in [3.05, 3.63) is 45.1 Å². The molecule has 2 aromatic rings. The van der Waals surface area contributed by atoms with Gasteiger partial charge in [0.25, 0.3) is 11.8 Å². The van der Waals surface area contributed by atoms with Crippen LogP contribution in [0.1, 0.15) is 34.0 Å². The van der Waals surface area contributed by atoms with Crippen molar-refractivity contribution in [1.82, 2.24) is 10.2 Å². The summed E-state index contributed by atoms with van der Waals surface area (Å²) in [4.78, 5) is 26.0. The zero-order valence-corrected chi connectivity index (χ0v) is 15.2. The average molecular weight is 446 g/mol. The molecule has 0 atom stereocenters. The monoisotopic (exact) mass is 444 g/mol. The molecule has 8 heteroatoms. The van der Waals surface area contributed by atoms with Gasteiger partial charge < -0.3 is 19.1 Å². The van der Waals surface area contributed by atoms with E-state index in [1.807, 2.05) is 0 Å². The molecule has 1 saturated heterocycles. The molecule has 0 spiro atoms. The fraction of sp³-hybridized carbons (Fsp3) is 0.333. The van der Waals surface area contributed by atoms with E-state index in [0.717, 1.165) is 0 Å². The summed E-state index contributed by atoms with van der Waals surface area (Å²) in [6.45, 7) is 1.15. The van der Waals surface area contributed by atoms with Gasteiger partial charge in [-0.25, -0.2) is 0 Å². The van der Waals surface area contributed by atoms with Crippen LogP contribution >= 0.6 is 31.9 Å². The molecular weight excluding hydrogens is 432 g/mol. The maximum absolute atomic E-state index is 12.3. The number of carbonyl (C=O) groups excluding carboxylic acids is 2. The highest BCUT2D eigenvalue weighted by atomic mass is 79.9. The maximum atomic E-state index is 12.3. The minimum absolute atomic E-state index is 0.0266. The Bertz CT molecular complexity index is 717. The SMILES string of the molecule is O=C(NC1CCN(C(=O)c2ccc(Br)o2)CC1)c1ccc(Br)o1. The zero-order valence-electron chi connectivity index (χ0n) is 12.1. The first-order chi connectivity index (χ1) is 11.0. The summed E-state index contributed by atoms with van der Waals surface area (Å²) in [5, 5.41) is 2.93. The lowest BCUT2D eigenvalue weighted by Gasteiger charge is -2.31. The van der Waals surface area contributed by atoms with E-state index in [9.17, 15) is 9.59 Å². The standard InChI is InChI=1S/C15H14Br2N2O4/c16-12-3-1-10(22-12)14(20)18-9-5-7-19(8-6-9)15(21)11-2-4-13(17)23-11/h1-4,9H,5-8H2,(H,18,20). The van der Waals surface area contributed by atoms with E-state index in [2.05, 4.69) is 37.2 Å². The zero-order chi connectivity index (χ0) is 16.4. The van der Waals surface area contributed by atoms with Crippen molar-refractivity contribution >= 4 is 43.7 Å². The molecular formula is C15H14Br2N2O4. The molecule has 0 saturated carbocycles. The Morgan fingerprint density at radius 3 is 2.09 bits per heavy atom. The van der Waals surface area contributed by atoms with Crippen LogP contribution in [-0.4, -0.2) is 35.8 Å². The predicted octanol–water partition coefficient (Wildman–Crippen LogP) is 3.43. The highest BCUT2D eigenvalue weighted by Gasteiger charge is 2.26. The fourth-order valence-electron chi connectivity index (χ4n) is 2.50. The number of nitrogens with one attached hydrogen (secondary N) is 1. The number of nitrogens with zero attached hydrogens (tertiary/aromatic N) is 1. The van der Waals surface area contributed by atoms with Crippen molar-refractivity contribution in [3.63, 3.8) is 0 Å². The molecule has 3 heterocycles. The molecule has 6 nitrogen and oxygen atoms in total. The normalized spacial score (nSPS) is 15.7. The van der Waals surface area contributed by atoms with Gasteiger partial charge in [0.15, 0.2) is 20.9 Å². The molecule has 2 amide bonds. The van der Waals surface area contributed by atoms with Crippen LogP contribution in [0, 0.1) is 0 Å². The molecule has 122 valence electrons. The van der Waals surface area contributed by atoms with Gasteiger partial charge in [0.1, 0.15) is 0 Å². The topological polar surface area (TPSA) is 75.7 Å². The van der Waals surface area contributed by atoms with Crippen molar-refractivity contribution in [2.75, 3.05) is 13.1 Å². The number of carbonyl (C=O) groups is 2. The summed E-state index contributed by atoms with van der Waals surface area (Å²) in [6, 6.07) is 6.67. The lowest BCUT2D eigenvalue weighted by Crippen LogP contribution is -2.46. The summed E-state index contributed by atoms with van der Waals surface area (Å²) in [7, 11) is 0. The number of furan rings is 2. The first-order valence-electron chi connectivity index (χ1n) is 7.14. The second-order valence-corrected chi connectivity index (χ2v) is 6.81. The van der Waals surface area contributed by atoms with E-state index >= 15 is 0 Å². The summed E-state index contributed by atoms with van der Waals surface area (Å²) < 4.78 is 11.6. The quantitative estimate of drug-likeness (QED) is 0.785. The first kappa shape index (κ1) is 16.3. The molecule has 1 fully saturated rings. The van der Waals surface area contributed by atoms with Crippen molar-refractivity contribution in [2.24, 2.45) is 0 Å². The van der Waals surface area contributed by atoms with E-state index in [1.54, 1.807) is 29.2 Å². The van der Waals surface area contributed by atoms with Gasteiger partial charge in [-0.15, -0.1) is 0 Å². The maximum Gasteiger partial charge on any atom is 0.289 e. The third-order valence-electron chi connectivity index (χ3n) is 3.70. The Morgan fingerprint density at radius 2 is 1.57 bits per heavy atom. The number of piperidine rings is 1. The third-order valence-corrected chi connectivity index (χ3v) is 4.55. The Kier molecular flexibility index (Phi) is 4.91. The molecule has 0 aliphatic carbocycles. The van der Waals surface area contributed by atoms with E-state index < -0.39 is 0 Å². The number of hydrogen-bond acceptors (Lipinski definition) is 4. The van der Waals surface area contributed by atoms with Gasteiger partial charge in [-0.2, -0.15) is 0 Å². The minimum atomic E-state index is -0.240. The summed E-state index contributed by atoms with van der Waals surface area (Å²) in [5.74, 6) is 0.224. The second-order valence-electron chi connectivity index (χ2n) is 5.25. The van der Waals surface area contributed by atoms with Crippen LogP contribution in [0.2, 0.25) is 0 Å². The average Bonchev–Trinajstić information content (AvgIpc) is 3.16. The molecule has 1 N–H and O–H groups in total. The van der Waals surface area contributed by atoms with Crippen LogP contribution in [-0.2, 0) is 0 Å². The molecule has 3 rings (SSSR count). The van der Waals surface area contributed by atoms with Crippen LogP contribution in [0.25, 0.3) is 0 Å². The number of likely N-dealkylation sites (tertiary alicyclic amines) is 1. The van der Waals surface area contributed by atoms with Gasteiger partial charge in [0.2, 0.25) is 0 Å². The lowest BCUT2D eigenvalue weighted by atomic mass is 10.0. The van der Waals surface area contributed by atoms with Gasteiger partial charge in [0.05, 0.1) is 0 Å². The Labute approximate surface area is 149 Å². The second kappa shape index (κ2) is 6.92. The van der Waals surface area contributed by atoms with Crippen molar-refractivity contribution in [3.8, 4) is 0 Å². The summed E-state index contributed by atoms with van der Waals surface area (Å²) in [5.41, 5.74) is 0. The van der Waals surface area contributed by atoms with Crippen molar-refractivity contribution in [1.29, 1.82) is 0 Å². The van der Waals surface area contributed by atoms with Gasteiger partial charge in [0, 0.05) is 19.1 Å². The van der Waals surface area contributed by atoms with Crippen molar-refractivity contribution < 1.29 is 18.4 Å². The van der Waals surface area contributed by atoms with Crippen LogP contribution < -0.4 is 5.32 Å². The predicted molar refractivity (Wildman–Crippen MR) is 89.2 cm³/mol. The lowest BCUT2D eigenvalue weighted by molar-refractivity contribution is 0.0664. The number of rotatable bonds is 3. The van der Waals surface area contributed by atoms with Crippen molar-refractivity contribution in [2.45, 2.75) is 18.9 Å². The minimum Gasteiger partial charge on any atom is -0.444 e. The van der Waals surface area contributed by atoms with E-state index in [-0.39, 0.29) is 23.6 Å². The molecule has 2 aromatic heterocycles. The van der Waals surface area contributed by atoms with Gasteiger partial charge in [-0.3, -0.25) is 9.59 Å². The molecule has 0 unspecified atom stereocenters. The van der Waals surface area contributed by atoms with E-state index in [1.165, 1.54) is 0 Å². The highest BCUT2D eigenvalue weighted by Crippen LogP contribution is 2.19. The Balaban J connectivity index is 1.52. The highest BCUT2D eigenvalue weighted by molar-refractivity contribution is 9.10. The van der Waals surface area contributed by atoms with Crippen LogP contribution in [0.3, 0.4) is 0 Å². The number of halogens is 2. The molecule has 23 heavy (non-hydrogen) atoms. The van der Waals surface area contributed by atoms with Gasteiger partial charge in [-0.05, 0) is 69.0 Å². The summed E-state index contributed by atoms with van der Waals surface area (Å²) >= 11 is 6.36. The van der Waals surface area contributed by atoms with Crippen LogP contribution in [0.15, 0.2) is 42.4 Å². The third kappa shape index (κ3) is 3.87. The number of amides is 2. The largest absolute Gasteiger partial charge is 0.444 e. The van der Waals surface area contributed by atoms with Crippen LogP contribution in [0.5, 0.6) is 0 Å². The smallest absolute Gasteiger partial charge is 0.289 e.